The number of carbonyl (C=O) groups is 2. The first kappa shape index (κ1) is 16.3. The first-order valence-electron chi connectivity index (χ1n) is 9.40. The minimum atomic E-state index is -0.400. The fourth-order valence-electron chi connectivity index (χ4n) is 6.99. The lowest BCUT2D eigenvalue weighted by Crippen LogP contribution is -2.56. The van der Waals surface area contributed by atoms with Crippen molar-refractivity contribution in [3.05, 3.63) is 23.8 Å². The zero-order valence-corrected chi connectivity index (χ0v) is 14.9. The van der Waals surface area contributed by atoms with Crippen LogP contribution in [0.25, 0.3) is 0 Å². The Bertz CT molecular complexity index is 660. The van der Waals surface area contributed by atoms with Gasteiger partial charge in [0.2, 0.25) is 0 Å². The van der Waals surface area contributed by atoms with Crippen LogP contribution in [-0.2, 0) is 9.59 Å². The third kappa shape index (κ3) is 2.00. The van der Waals surface area contributed by atoms with E-state index in [0.29, 0.717) is 18.3 Å². The summed E-state index contributed by atoms with van der Waals surface area (Å²) in [6.45, 7) is 6.15. The zero-order chi connectivity index (χ0) is 17.3. The Morgan fingerprint density at radius 1 is 1.25 bits per heavy atom. The third-order valence-electron chi connectivity index (χ3n) is 7.98. The van der Waals surface area contributed by atoms with Crippen molar-refractivity contribution in [1.29, 1.82) is 0 Å². The summed E-state index contributed by atoms with van der Waals surface area (Å²) >= 11 is 0. The van der Waals surface area contributed by atoms with Gasteiger partial charge < -0.3 is 5.11 Å². The maximum absolute atomic E-state index is 12.2. The molecule has 130 valence electrons. The molecule has 0 amide bonds. The lowest BCUT2D eigenvalue weighted by molar-refractivity contribution is -0.137. The fraction of sp³-hybridized carbons (Fsp3) is 0.714. The standard InChI is InChI=1S/C21H28O3/c1-12(22)16-6-7-17-15-5-4-13-10-14(23)8-9-20(13,2)19(15)18(24)11-21(16,17)3/h8-10,15-19,24H,4-7,11H2,1-3H3/t15?,16?,17?,18-,19?,20+,21-/m1/s1. The molecule has 3 fully saturated rings. The van der Waals surface area contributed by atoms with Gasteiger partial charge in [-0.05, 0) is 68.4 Å². The summed E-state index contributed by atoms with van der Waals surface area (Å²) in [5.74, 6) is 1.61. The van der Waals surface area contributed by atoms with Crippen molar-refractivity contribution < 1.29 is 14.7 Å². The molecule has 0 aliphatic heterocycles. The molecule has 4 aliphatic rings. The second-order valence-electron chi connectivity index (χ2n) is 9.04. The average Bonchev–Trinajstić information content (AvgIpc) is 2.84. The summed E-state index contributed by atoms with van der Waals surface area (Å²) in [5, 5.41) is 11.1. The zero-order valence-electron chi connectivity index (χ0n) is 14.9. The van der Waals surface area contributed by atoms with Crippen molar-refractivity contribution in [2.45, 2.75) is 59.0 Å². The van der Waals surface area contributed by atoms with Gasteiger partial charge in [0, 0.05) is 17.3 Å². The van der Waals surface area contributed by atoms with E-state index < -0.39 is 6.10 Å². The van der Waals surface area contributed by atoms with Gasteiger partial charge in [-0.15, -0.1) is 0 Å². The minimum Gasteiger partial charge on any atom is -0.393 e. The lowest BCUT2D eigenvalue weighted by atomic mass is 9.46. The second-order valence-corrected chi connectivity index (χ2v) is 9.04. The SMILES string of the molecule is CC(=O)C1CCC2C3CCC4=CC(=O)C=C[C@]4(C)C3[C@H](O)C[C@]12C. The number of Topliss-reactive ketones (excluding diaryl/α,β-unsaturated/α-hetero) is 1. The Kier molecular flexibility index (Phi) is 3.48. The number of fused-ring (bicyclic) bond motifs is 5. The summed E-state index contributed by atoms with van der Waals surface area (Å²) in [5.41, 5.74) is 0.935. The molecule has 0 heterocycles. The highest BCUT2D eigenvalue weighted by Gasteiger charge is 2.62. The number of aliphatic hydroxyl groups is 1. The molecular weight excluding hydrogens is 300 g/mol. The van der Waals surface area contributed by atoms with Crippen LogP contribution >= 0.6 is 0 Å². The molecule has 4 unspecified atom stereocenters. The first-order chi connectivity index (χ1) is 11.3. The molecule has 0 aromatic carbocycles. The van der Waals surface area contributed by atoms with Crippen LogP contribution in [-0.4, -0.2) is 22.8 Å². The number of hydrogen-bond acceptors (Lipinski definition) is 3. The molecule has 0 bridgehead atoms. The van der Waals surface area contributed by atoms with Gasteiger partial charge in [-0.25, -0.2) is 0 Å². The van der Waals surface area contributed by atoms with E-state index in [-0.39, 0.29) is 34.2 Å². The van der Waals surface area contributed by atoms with E-state index in [2.05, 4.69) is 13.8 Å². The van der Waals surface area contributed by atoms with Gasteiger partial charge in [0.15, 0.2) is 5.78 Å². The topological polar surface area (TPSA) is 54.4 Å². The van der Waals surface area contributed by atoms with Gasteiger partial charge in [-0.1, -0.05) is 25.5 Å². The Morgan fingerprint density at radius 3 is 2.71 bits per heavy atom. The van der Waals surface area contributed by atoms with Gasteiger partial charge >= 0.3 is 0 Å². The maximum Gasteiger partial charge on any atom is 0.178 e. The first-order valence-corrected chi connectivity index (χ1v) is 9.40. The predicted octanol–water partition coefficient (Wildman–Crippen LogP) is 3.47. The Hall–Kier alpha value is -1.22. The van der Waals surface area contributed by atoms with Crippen LogP contribution < -0.4 is 0 Å². The second kappa shape index (κ2) is 5.14. The predicted molar refractivity (Wildman–Crippen MR) is 92.2 cm³/mol. The van der Waals surface area contributed by atoms with Crippen molar-refractivity contribution in [1.82, 2.24) is 0 Å². The van der Waals surface area contributed by atoms with E-state index in [9.17, 15) is 14.7 Å². The molecule has 7 atom stereocenters. The molecule has 0 aromatic heterocycles. The molecule has 3 saturated carbocycles. The summed E-state index contributed by atoms with van der Waals surface area (Å²) in [6, 6.07) is 0. The van der Waals surface area contributed by atoms with Crippen LogP contribution in [0.2, 0.25) is 0 Å². The van der Waals surface area contributed by atoms with Crippen molar-refractivity contribution >= 4 is 11.6 Å². The number of aliphatic hydroxyl groups excluding tert-OH is 1. The largest absolute Gasteiger partial charge is 0.393 e. The molecule has 4 aliphatic carbocycles. The van der Waals surface area contributed by atoms with Gasteiger partial charge in [-0.3, -0.25) is 9.59 Å². The third-order valence-corrected chi connectivity index (χ3v) is 7.98. The van der Waals surface area contributed by atoms with Crippen molar-refractivity contribution in [2.75, 3.05) is 0 Å². The van der Waals surface area contributed by atoms with Crippen molar-refractivity contribution in [2.24, 2.45) is 34.5 Å². The molecule has 0 spiro atoms. The quantitative estimate of drug-likeness (QED) is 0.802. The Labute approximate surface area is 144 Å². The highest BCUT2D eigenvalue weighted by atomic mass is 16.3. The van der Waals surface area contributed by atoms with E-state index in [1.54, 1.807) is 19.1 Å². The van der Waals surface area contributed by atoms with Crippen LogP contribution in [0.3, 0.4) is 0 Å². The van der Waals surface area contributed by atoms with E-state index in [0.717, 1.165) is 25.7 Å². The summed E-state index contributed by atoms with van der Waals surface area (Å²) < 4.78 is 0. The summed E-state index contributed by atoms with van der Waals surface area (Å²) in [6.07, 6.45) is 9.89. The number of carbonyl (C=O) groups excluding carboxylic acids is 2. The van der Waals surface area contributed by atoms with E-state index >= 15 is 0 Å². The molecule has 3 nitrogen and oxygen atoms in total. The normalized spacial score (nSPS) is 49.9. The Morgan fingerprint density at radius 2 is 2.00 bits per heavy atom. The lowest BCUT2D eigenvalue weighted by Gasteiger charge is -2.58. The molecule has 1 N–H and O–H groups in total. The molecule has 0 aromatic rings. The monoisotopic (exact) mass is 328 g/mol. The fourth-order valence-corrected chi connectivity index (χ4v) is 6.99. The van der Waals surface area contributed by atoms with Crippen molar-refractivity contribution in [3.63, 3.8) is 0 Å². The van der Waals surface area contributed by atoms with E-state index in [1.165, 1.54) is 5.57 Å². The van der Waals surface area contributed by atoms with E-state index in [1.807, 2.05) is 6.08 Å². The number of rotatable bonds is 1. The molecule has 4 rings (SSSR count). The molecule has 0 radical (unpaired) electrons. The van der Waals surface area contributed by atoms with Gasteiger partial charge in [-0.2, -0.15) is 0 Å². The number of hydrogen-bond donors (Lipinski definition) is 1. The molecule has 24 heavy (non-hydrogen) atoms. The van der Waals surface area contributed by atoms with Gasteiger partial charge in [0.05, 0.1) is 6.10 Å². The summed E-state index contributed by atoms with van der Waals surface area (Å²) in [7, 11) is 0. The highest BCUT2D eigenvalue weighted by molar-refractivity contribution is 6.01. The maximum atomic E-state index is 12.2. The molecule has 3 heteroatoms. The average molecular weight is 328 g/mol. The van der Waals surface area contributed by atoms with Gasteiger partial charge in [0.1, 0.15) is 5.78 Å². The van der Waals surface area contributed by atoms with Crippen LogP contribution in [0.1, 0.15) is 52.9 Å². The van der Waals surface area contributed by atoms with Gasteiger partial charge in [0.25, 0.3) is 0 Å². The number of allylic oxidation sites excluding steroid dienone is 4. The van der Waals surface area contributed by atoms with Crippen LogP contribution in [0.15, 0.2) is 23.8 Å². The van der Waals surface area contributed by atoms with Crippen LogP contribution in [0.5, 0.6) is 0 Å². The summed E-state index contributed by atoms with van der Waals surface area (Å²) in [4.78, 5) is 24.0. The minimum absolute atomic E-state index is 0.0573. The number of ketones is 2. The molecular formula is C21H28O3. The van der Waals surface area contributed by atoms with Crippen LogP contribution in [0.4, 0.5) is 0 Å². The molecule has 0 saturated heterocycles. The Balaban J connectivity index is 1.74. The smallest absolute Gasteiger partial charge is 0.178 e. The van der Waals surface area contributed by atoms with Crippen molar-refractivity contribution in [3.8, 4) is 0 Å². The highest BCUT2D eigenvalue weighted by Crippen LogP contribution is 2.65. The van der Waals surface area contributed by atoms with E-state index in [4.69, 9.17) is 0 Å². The van der Waals surface area contributed by atoms with Crippen LogP contribution in [0, 0.1) is 34.5 Å².